The fourth-order valence-electron chi connectivity index (χ4n) is 2.78. The Morgan fingerprint density at radius 2 is 2.16 bits per heavy atom. The van der Waals surface area contributed by atoms with Gasteiger partial charge in [0, 0.05) is 52.2 Å². The molecule has 0 bridgehead atoms. The third-order valence-electron chi connectivity index (χ3n) is 3.95. The molecule has 0 aromatic carbocycles. The zero-order chi connectivity index (χ0) is 13.2. The molecule has 6 heteroatoms. The summed E-state index contributed by atoms with van der Waals surface area (Å²) >= 11 is 0. The zero-order valence-corrected chi connectivity index (χ0v) is 11.3. The Hall–Kier alpha value is -1.56. The van der Waals surface area contributed by atoms with Crippen LogP contribution in [-0.4, -0.2) is 59.8 Å². The minimum absolute atomic E-state index is 0.0831. The lowest BCUT2D eigenvalue weighted by Crippen LogP contribution is -2.51. The van der Waals surface area contributed by atoms with Crippen molar-refractivity contribution in [2.24, 2.45) is 13.0 Å². The monoisotopic (exact) mass is 264 g/mol. The molecule has 104 valence electrons. The number of hydrogen-bond acceptors (Lipinski definition) is 4. The number of imidazole rings is 1. The maximum absolute atomic E-state index is 12.3. The van der Waals surface area contributed by atoms with Gasteiger partial charge in [-0.1, -0.05) is 0 Å². The molecule has 0 unspecified atom stereocenters. The van der Waals surface area contributed by atoms with Gasteiger partial charge >= 0.3 is 0 Å². The van der Waals surface area contributed by atoms with Crippen LogP contribution in [0.4, 0.5) is 5.95 Å². The predicted molar refractivity (Wildman–Crippen MR) is 70.9 cm³/mol. The van der Waals surface area contributed by atoms with E-state index in [9.17, 15) is 4.79 Å². The number of hydrogen-bond donors (Lipinski definition) is 0. The lowest BCUT2D eigenvalue weighted by atomic mass is 10.1. The Bertz CT molecular complexity index is 445. The predicted octanol–water partition coefficient (Wildman–Crippen LogP) is 0.105. The average molecular weight is 264 g/mol. The number of aryl methyl sites for hydroxylation is 1. The molecule has 0 aliphatic carbocycles. The van der Waals surface area contributed by atoms with Gasteiger partial charge in [0.15, 0.2) is 0 Å². The Labute approximate surface area is 113 Å². The van der Waals surface area contributed by atoms with Crippen LogP contribution in [0, 0.1) is 5.92 Å². The largest absolute Gasteiger partial charge is 0.381 e. The van der Waals surface area contributed by atoms with Gasteiger partial charge in [0.05, 0.1) is 12.5 Å². The third kappa shape index (κ3) is 2.45. The van der Waals surface area contributed by atoms with Crippen molar-refractivity contribution < 1.29 is 9.53 Å². The zero-order valence-electron chi connectivity index (χ0n) is 11.3. The van der Waals surface area contributed by atoms with Crippen LogP contribution >= 0.6 is 0 Å². The fraction of sp³-hybridized carbons (Fsp3) is 0.692. The molecule has 1 atom stereocenters. The van der Waals surface area contributed by atoms with Crippen molar-refractivity contribution in [1.82, 2.24) is 14.5 Å². The Balaban J connectivity index is 1.57. The van der Waals surface area contributed by atoms with Gasteiger partial charge in [-0.2, -0.15) is 0 Å². The van der Waals surface area contributed by atoms with Crippen LogP contribution in [0.3, 0.4) is 0 Å². The van der Waals surface area contributed by atoms with Gasteiger partial charge in [-0.25, -0.2) is 4.98 Å². The molecule has 0 saturated carbocycles. The Morgan fingerprint density at radius 3 is 2.74 bits per heavy atom. The number of anilines is 1. The van der Waals surface area contributed by atoms with E-state index in [-0.39, 0.29) is 11.8 Å². The SMILES string of the molecule is Cn1ccnc1N1CCN(C(=O)[C@@H]2CCOC2)CC1. The molecule has 2 aliphatic heterocycles. The van der Waals surface area contributed by atoms with Crippen molar-refractivity contribution in [2.45, 2.75) is 6.42 Å². The van der Waals surface area contributed by atoms with Gasteiger partial charge in [-0.3, -0.25) is 4.79 Å². The molecule has 1 aromatic heterocycles. The molecule has 0 spiro atoms. The number of carbonyl (C=O) groups is 1. The second-order valence-corrected chi connectivity index (χ2v) is 5.21. The van der Waals surface area contributed by atoms with Crippen LogP contribution in [0.5, 0.6) is 0 Å². The second kappa shape index (κ2) is 5.21. The van der Waals surface area contributed by atoms with Crippen molar-refractivity contribution in [2.75, 3.05) is 44.3 Å². The summed E-state index contributed by atoms with van der Waals surface area (Å²) in [5, 5.41) is 0. The highest BCUT2D eigenvalue weighted by molar-refractivity contribution is 5.79. The van der Waals surface area contributed by atoms with E-state index in [2.05, 4.69) is 9.88 Å². The number of piperazine rings is 1. The van der Waals surface area contributed by atoms with Crippen LogP contribution in [-0.2, 0) is 16.6 Å². The highest BCUT2D eigenvalue weighted by Crippen LogP contribution is 2.18. The smallest absolute Gasteiger partial charge is 0.228 e. The summed E-state index contributed by atoms with van der Waals surface area (Å²) in [7, 11) is 2.00. The van der Waals surface area contributed by atoms with Crippen LogP contribution in [0.15, 0.2) is 12.4 Å². The third-order valence-corrected chi connectivity index (χ3v) is 3.95. The minimum atomic E-state index is 0.0831. The van der Waals surface area contributed by atoms with Crippen LogP contribution in [0.25, 0.3) is 0 Å². The molecule has 3 heterocycles. The molecule has 2 fully saturated rings. The number of carbonyl (C=O) groups excluding carboxylic acids is 1. The van der Waals surface area contributed by atoms with Crippen molar-refractivity contribution in [3.05, 3.63) is 12.4 Å². The lowest BCUT2D eigenvalue weighted by molar-refractivity contribution is -0.135. The van der Waals surface area contributed by atoms with E-state index in [0.29, 0.717) is 6.61 Å². The quantitative estimate of drug-likeness (QED) is 0.760. The van der Waals surface area contributed by atoms with E-state index in [4.69, 9.17) is 4.74 Å². The summed E-state index contributed by atoms with van der Waals surface area (Å²) < 4.78 is 7.31. The van der Waals surface area contributed by atoms with Gasteiger partial charge in [-0.15, -0.1) is 0 Å². The molecule has 0 radical (unpaired) electrons. The van der Waals surface area contributed by atoms with Crippen molar-refractivity contribution in [1.29, 1.82) is 0 Å². The molecule has 19 heavy (non-hydrogen) atoms. The van der Waals surface area contributed by atoms with E-state index in [1.807, 2.05) is 28.9 Å². The van der Waals surface area contributed by atoms with Gasteiger partial charge in [0.25, 0.3) is 0 Å². The molecule has 3 rings (SSSR count). The molecular weight excluding hydrogens is 244 g/mol. The summed E-state index contributed by atoms with van der Waals surface area (Å²) in [6.45, 7) is 4.58. The van der Waals surface area contributed by atoms with Gasteiger partial charge in [-0.05, 0) is 6.42 Å². The number of aromatic nitrogens is 2. The van der Waals surface area contributed by atoms with Gasteiger partial charge in [0.2, 0.25) is 11.9 Å². The van der Waals surface area contributed by atoms with Crippen molar-refractivity contribution in [3.8, 4) is 0 Å². The highest BCUT2D eigenvalue weighted by Gasteiger charge is 2.30. The molecule has 6 nitrogen and oxygen atoms in total. The molecule has 1 aromatic rings. The fourth-order valence-corrected chi connectivity index (χ4v) is 2.78. The number of ether oxygens (including phenoxy) is 1. The topological polar surface area (TPSA) is 50.6 Å². The molecule has 2 saturated heterocycles. The highest BCUT2D eigenvalue weighted by atomic mass is 16.5. The van der Waals surface area contributed by atoms with Crippen LogP contribution in [0.1, 0.15) is 6.42 Å². The minimum Gasteiger partial charge on any atom is -0.381 e. The van der Waals surface area contributed by atoms with E-state index in [1.54, 1.807) is 0 Å². The maximum Gasteiger partial charge on any atom is 0.228 e. The Kier molecular flexibility index (Phi) is 3.42. The molecular formula is C13H20N4O2. The first-order valence-corrected chi connectivity index (χ1v) is 6.84. The maximum atomic E-state index is 12.3. The summed E-state index contributed by atoms with van der Waals surface area (Å²) in [4.78, 5) is 20.8. The second-order valence-electron chi connectivity index (χ2n) is 5.21. The summed E-state index contributed by atoms with van der Waals surface area (Å²) in [6, 6.07) is 0. The number of rotatable bonds is 2. The number of amides is 1. The molecule has 1 amide bonds. The first kappa shape index (κ1) is 12.5. The van der Waals surface area contributed by atoms with Crippen molar-refractivity contribution in [3.63, 3.8) is 0 Å². The van der Waals surface area contributed by atoms with Crippen LogP contribution in [0.2, 0.25) is 0 Å². The summed E-state index contributed by atoms with van der Waals surface area (Å²) in [5.74, 6) is 1.33. The average Bonchev–Trinajstić information content (AvgIpc) is 3.09. The van der Waals surface area contributed by atoms with E-state index in [0.717, 1.165) is 45.2 Å². The summed E-state index contributed by atoms with van der Waals surface area (Å²) in [5.41, 5.74) is 0. The van der Waals surface area contributed by atoms with E-state index in [1.165, 1.54) is 0 Å². The number of nitrogens with zero attached hydrogens (tertiary/aromatic N) is 4. The normalized spacial score (nSPS) is 23.9. The standard InChI is InChI=1S/C13H20N4O2/c1-15-4-3-14-13(15)17-7-5-16(6-8-17)12(18)11-2-9-19-10-11/h3-4,11H,2,5-10H2,1H3/t11-/m1/s1. The van der Waals surface area contributed by atoms with E-state index >= 15 is 0 Å². The van der Waals surface area contributed by atoms with Gasteiger partial charge < -0.3 is 19.1 Å². The van der Waals surface area contributed by atoms with E-state index < -0.39 is 0 Å². The lowest BCUT2D eigenvalue weighted by Gasteiger charge is -2.36. The molecule has 2 aliphatic rings. The first-order chi connectivity index (χ1) is 9.25. The van der Waals surface area contributed by atoms with Crippen molar-refractivity contribution >= 4 is 11.9 Å². The first-order valence-electron chi connectivity index (χ1n) is 6.84. The Morgan fingerprint density at radius 1 is 1.37 bits per heavy atom. The van der Waals surface area contributed by atoms with Crippen LogP contribution < -0.4 is 4.90 Å². The van der Waals surface area contributed by atoms with Gasteiger partial charge in [0.1, 0.15) is 0 Å². The molecule has 0 N–H and O–H groups in total. The summed E-state index contributed by atoms with van der Waals surface area (Å²) in [6.07, 6.45) is 4.63.